The van der Waals surface area contributed by atoms with Crippen molar-refractivity contribution in [2.45, 2.75) is 25.3 Å². The number of allylic oxidation sites excluding steroid dienone is 5. The van der Waals surface area contributed by atoms with Gasteiger partial charge in [0.15, 0.2) is 0 Å². The van der Waals surface area contributed by atoms with Crippen LogP contribution in [0.25, 0.3) is 70.9 Å². The van der Waals surface area contributed by atoms with Gasteiger partial charge in [0.1, 0.15) is 5.84 Å². The number of amidine groups is 1. The second-order valence-corrected chi connectivity index (χ2v) is 15.7. The van der Waals surface area contributed by atoms with Gasteiger partial charge in [-0.15, -0.1) is 0 Å². The van der Waals surface area contributed by atoms with Crippen LogP contribution in [0.15, 0.2) is 193 Å². The molecule has 0 N–H and O–H groups in total. The molecule has 8 aromatic rings. The van der Waals surface area contributed by atoms with E-state index < -0.39 is 0 Å². The number of anilines is 1. The van der Waals surface area contributed by atoms with Crippen LogP contribution in [0.5, 0.6) is 0 Å². The van der Waals surface area contributed by atoms with Crippen LogP contribution in [0.2, 0.25) is 0 Å². The van der Waals surface area contributed by atoms with Crippen molar-refractivity contribution in [3.8, 4) is 28.3 Å². The van der Waals surface area contributed by atoms with Gasteiger partial charge in [0.25, 0.3) is 0 Å². The third kappa shape index (κ3) is 5.37. The van der Waals surface area contributed by atoms with Gasteiger partial charge in [-0.2, -0.15) is 5.26 Å². The van der Waals surface area contributed by atoms with E-state index in [1.807, 2.05) is 6.07 Å². The van der Waals surface area contributed by atoms with E-state index in [4.69, 9.17) is 4.99 Å². The molecule has 1 unspecified atom stereocenters. The van der Waals surface area contributed by atoms with Gasteiger partial charge in [-0.25, -0.2) is 0 Å². The Hall–Kier alpha value is -7.28. The first kappa shape index (κ1) is 34.0. The predicted molar refractivity (Wildman–Crippen MR) is 244 cm³/mol. The van der Waals surface area contributed by atoms with Crippen LogP contribution in [0, 0.1) is 11.3 Å². The molecule has 0 fully saturated rings. The van der Waals surface area contributed by atoms with Gasteiger partial charge in [-0.1, -0.05) is 164 Å². The fourth-order valence-electron chi connectivity index (χ4n) is 9.81. The van der Waals surface area contributed by atoms with Gasteiger partial charge < -0.3 is 4.90 Å². The topological polar surface area (TPSA) is 39.4 Å². The Morgan fingerprint density at radius 3 is 1.97 bits per heavy atom. The van der Waals surface area contributed by atoms with Crippen molar-refractivity contribution in [1.82, 2.24) is 0 Å². The number of nitriles is 1. The quantitative estimate of drug-likeness (QED) is 0.169. The molecule has 0 saturated carbocycles. The number of nitrogens with zero attached hydrogens (tertiary/aromatic N) is 3. The summed E-state index contributed by atoms with van der Waals surface area (Å²) in [5, 5.41) is 19.9. The van der Waals surface area contributed by atoms with Crippen LogP contribution < -0.4 is 4.90 Å². The van der Waals surface area contributed by atoms with Crippen LogP contribution in [0.4, 0.5) is 5.69 Å². The molecule has 0 amide bonds. The molecule has 2 atom stereocenters. The lowest BCUT2D eigenvalue weighted by molar-refractivity contribution is 0.777. The zero-order valence-corrected chi connectivity index (χ0v) is 32.2. The number of fused-ring (bicyclic) bond motifs is 10. The largest absolute Gasteiger partial charge is 0.319 e. The number of hydrogen-bond donors (Lipinski definition) is 0. The van der Waals surface area contributed by atoms with Gasteiger partial charge in [0, 0.05) is 17.2 Å². The highest BCUT2D eigenvalue weighted by Crippen LogP contribution is 2.50. The molecule has 3 nitrogen and oxygen atoms in total. The lowest BCUT2D eigenvalue weighted by Crippen LogP contribution is -2.44. The van der Waals surface area contributed by atoms with Crippen molar-refractivity contribution in [1.29, 1.82) is 5.26 Å². The first-order chi connectivity index (χ1) is 28.7. The summed E-state index contributed by atoms with van der Waals surface area (Å²) < 4.78 is 0. The highest BCUT2D eigenvalue weighted by atomic mass is 15.2. The van der Waals surface area contributed by atoms with Crippen LogP contribution >= 0.6 is 0 Å². The standard InChI is InChI=1S/C55H39N3/c1-35-13-3-2-10-30-57-55-49-29-26-39(32-50(49)43-27-24-36(34-56)31-52(43)58(35)55)40-25-28-48-51(33-40)54(45-23-12-17-38-15-5-7-19-42(38)45)47-21-9-8-20-46(47)53(48)44-22-11-16-37-14-4-6-18-41(37)44/h2-29,31,33,35,50H,30,32H2,1H3/b10-2-,13-3-,57-55?/t35?,50-/m0/s1. The smallest absolute Gasteiger partial charge is 0.132 e. The van der Waals surface area contributed by atoms with Crippen molar-refractivity contribution in [3.63, 3.8) is 0 Å². The highest BCUT2D eigenvalue weighted by molar-refractivity contribution is 6.25. The number of rotatable bonds is 3. The van der Waals surface area contributed by atoms with E-state index in [-0.39, 0.29) is 12.0 Å². The van der Waals surface area contributed by atoms with Crippen LogP contribution in [0.3, 0.4) is 0 Å². The number of benzene rings is 8. The first-order valence-corrected chi connectivity index (χ1v) is 20.2. The van der Waals surface area contributed by atoms with Crippen LogP contribution in [-0.4, -0.2) is 18.4 Å². The first-order valence-electron chi connectivity index (χ1n) is 20.2. The molecule has 0 aromatic heterocycles. The predicted octanol–water partition coefficient (Wildman–Crippen LogP) is 13.7. The fourth-order valence-corrected chi connectivity index (χ4v) is 9.81. The molecule has 2 heterocycles. The normalized spacial score (nSPS) is 18.5. The van der Waals surface area contributed by atoms with E-state index in [1.165, 1.54) is 87.6 Å². The Morgan fingerprint density at radius 2 is 1.26 bits per heavy atom. The van der Waals surface area contributed by atoms with Gasteiger partial charge in [-0.3, -0.25) is 4.99 Å². The summed E-state index contributed by atoms with van der Waals surface area (Å²) in [5.41, 5.74) is 11.7. The van der Waals surface area contributed by atoms with Gasteiger partial charge in [0.05, 0.1) is 24.2 Å². The van der Waals surface area contributed by atoms with E-state index >= 15 is 0 Å². The fraction of sp³-hybridized carbons (Fsp3) is 0.0909. The van der Waals surface area contributed by atoms with Gasteiger partial charge in [-0.05, 0) is 114 Å². The molecule has 274 valence electrons. The van der Waals surface area contributed by atoms with Crippen molar-refractivity contribution in [3.05, 3.63) is 204 Å². The molecule has 0 bridgehead atoms. The Morgan fingerprint density at radius 1 is 0.621 bits per heavy atom. The zero-order valence-electron chi connectivity index (χ0n) is 32.2. The molecule has 8 aromatic carbocycles. The molecule has 0 radical (unpaired) electrons. The summed E-state index contributed by atoms with van der Waals surface area (Å²) in [6.45, 7) is 2.81. The summed E-state index contributed by atoms with van der Waals surface area (Å²) in [6, 6.07) is 55.7. The van der Waals surface area contributed by atoms with E-state index in [2.05, 4.69) is 194 Å². The summed E-state index contributed by atoms with van der Waals surface area (Å²) in [4.78, 5) is 7.51. The second-order valence-electron chi connectivity index (χ2n) is 15.7. The zero-order chi connectivity index (χ0) is 38.7. The average molecular weight is 742 g/mol. The Kier molecular flexibility index (Phi) is 8.05. The maximum absolute atomic E-state index is 9.99. The monoisotopic (exact) mass is 741 g/mol. The molecule has 58 heavy (non-hydrogen) atoms. The lowest BCUT2D eigenvalue weighted by atomic mass is 9.75. The van der Waals surface area contributed by atoms with Crippen molar-refractivity contribution < 1.29 is 0 Å². The minimum Gasteiger partial charge on any atom is -0.319 e. The van der Waals surface area contributed by atoms with E-state index in [1.54, 1.807) is 0 Å². The summed E-state index contributed by atoms with van der Waals surface area (Å²) in [5.74, 6) is 1.10. The van der Waals surface area contributed by atoms with E-state index in [0.717, 1.165) is 17.9 Å². The average Bonchev–Trinajstić information content (AvgIpc) is 3.37. The SMILES string of the molecule is CC1/C=C\C=C/CN=C2C3=CC=C(c4ccc5c(-c6cccc7ccccc67)c6ccccc6c(-c6cccc7ccccc67)c5c4)C[C@H]3c3ccc(C#N)cc3N21. The lowest BCUT2D eigenvalue weighted by Gasteiger charge is -2.42. The third-order valence-electron chi connectivity index (χ3n) is 12.4. The van der Waals surface area contributed by atoms with Crippen LogP contribution in [-0.2, 0) is 0 Å². The molecule has 3 aliphatic rings. The Labute approximate surface area is 338 Å². The highest BCUT2D eigenvalue weighted by Gasteiger charge is 2.38. The molecular weight excluding hydrogens is 703 g/mol. The van der Waals surface area contributed by atoms with Crippen molar-refractivity contribution in [2.24, 2.45) is 4.99 Å². The summed E-state index contributed by atoms with van der Waals surface area (Å²) >= 11 is 0. The van der Waals surface area contributed by atoms with E-state index in [9.17, 15) is 5.26 Å². The number of aliphatic imine (C=N–C) groups is 1. The molecule has 3 heteroatoms. The number of hydrogen-bond acceptors (Lipinski definition) is 3. The Bertz CT molecular complexity index is 3210. The van der Waals surface area contributed by atoms with Crippen molar-refractivity contribution >= 4 is 60.2 Å². The summed E-state index contributed by atoms with van der Waals surface area (Å²) in [6.07, 6.45) is 14.0. The molecule has 1 aliphatic carbocycles. The maximum atomic E-state index is 9.99. The minimum atomic E-state index is 0.0696. The summed E-state index contributed by atoms with van der Waals surface area (Å²) in [7, 11) is 0. The van der Waals surface area contributed by atoms with Crippen LogP contribution in [0.1, 0.15) is 36.0 Å². The molecule has 0 saturated heterocycles. The van der Waals surface area contributed by atoms with Gasteiger partial charge in [0.2, 0.25) is 0 Å². The third-order valence-corrected chi connectivity index (χ3v) is 12.4. The Balaban J connectivity index is 1.17. The minimum absolute atomic E-state index is 0.0696. The van der Waals surface area contributed by atoms with E-state index in [0.29, 0.717) is 12.1 Å². The van der Waals surface area contributed by atoms with Gasteiger partial charge >= 0.3 is 0 Å². The maximum Gasteiger partial charge on any atom is 0.132 e. The van der Waals surface area contributed by atoms with Crippen molar-refractivity contribution in [2.75, 3.05) is 11.4 Å². The second kappa shape index (κ2) is 13.7. The molecule has 11 rings (SSSR count). The molecule has 2 aliphatic heterocycles. The molecular formula is C55H39N3. The molecule has 0 spiro atoms.